The van der Waals surface area contributed by atoms with Crippen molar-refractivity contribution >= 4 is 22.9 Å². The zero-order chi connectivity index (χ0) is 11.4. The van der Waals surface area contributed by atoms with E-state index in [1.807, 2.05) is 6.92 Å². The Labute approximate surface area is 94.1 Å². The number of rotatable bonds is 3. The molecule has 0 bridgehead atoms. The van der Waals surface area contributed by atoms with Crippen LogP contribution >= 0.6 is 11.6 Å². The van der Waals surface area contributed by atoms with Crippen LogP contribution in [0.15, 0.2) is 36.4 Å². The lowest BCUT2D eigenvalue weighted by Crippen LogP contribution is -1.98. The SMILES string of the molecule is C=C(C)/C=C(/CCl)c1cccc(F)c1N. The maximum atomic E-state index is 13.2. The van der Waals surface area contributed by atoms with E-state index >= 15 is 0 Å². The second-order valence-electron chi connectivity index (χ2n) is 3.35. The summed E-state index contributed by atoms with van der Waals surface area (Å²) in [7, 11) is 0. The first-order valence-electron chi connectivity index (χ1n) is 4.52. The molecule has 0 saturated heterocycles. The van der Waals surface area contributed by atoms with Crippen molar-refractivity contribution in [3.63, 3.8) is 0 Å². The van der Waals surface area contributed by atoms with Gasteiger partial charge >= 0.3 is 0 Å². The molecule has 0 heterocycles. The van der Waals surface area contributed by atoms with E-state index < -0.39 is 5.82 Å². The standard InChI is InChI=1S/C12H13ClFN/c1-8(2)6-9(7-13)10-4-3-5-11(14)12(10)15/h3-6H,1,7,15H2,2H3/b9-6-. The molecule has 0 fully saturated rings. The third-order valence-corrected chi connectivity index (χ3v) is 2.25. The maximum absolute atomic E-state index is 13.2. The first-order chi connectivity index (χ1) is 7.06. The van der Waals surface area contributed by atoms with Crippen LogP contribution in [0.2, 0.25) is 0 Å². The van der Waals surface area contributed by atoms with Gasteiger partial charge in [-0.1, -0.05) is 30.4 Å². The van der Waals surface area contributed by atoms with E-state index in [0.29, 0.717) is 5.56 Å². The number of nitrogens with two attached hydrogens (primary N) is 1. The number of anilines is 1. The summed E-state index contributed by atoms with van der Waals surface area (Å²) in [6.07, 6.45) is 1.80. The zero-order valence-electron chi connectivity index (χ0n) is 8.56. The van der Waals surface area contributed by atoms with E-state index in [2.05, 4.69) is 6.58 Å². The molecule has 3 heteroatoms. The molecule has 1 aromatic rings. The monoisotopic (exact) mass is 225 g/mol. The van der Waals surface area contributed by atoms with Crippen LogP contribution in [-0.4, -0.2) is 5.88 Å². The molecule has 0 radical (unpaired) electrons. The number of hydrogen-bond donors (Lipinski definition) is 1. The molecule has 0 aliphatic heterocycles. The largest absolute Gasteiger partial charge is 0.396 e. The van der Waals surface area contributed by atoms with Crippen molar-refractivity contribution in [1.29, 1.82) is 0 Å². The molecular formula is C12H13ClFN. The van der Waals surface area contributed by atoms with Crippen molar-refractivity contribution < 1.29 is 4.39 Å². The average molecular weight is 226 g/mol. The smallest absolute Gasteiger partial charge is 0.146 e. The molecule has 0 amide bonds. The van der Waals surface area contributed by atoms with Gasteiger partial charge in [0.05, 0.1) is 5.69 Å². The van der Waals surface area contributed by atoms with E-state index in [1.54, 1.807) is 18.2 Å². The average Bonchev–Trinajstić information content (AvgIpc) is 2.19. The number of allylic oxidation sites excluding steroid dienone is 3. The number of nitrogen functional groups attached to an aromatic ring is 1. The van der Waals surface area contributed by atoms with Crippen LogP contribution in [0.25, 0.3) is 5.57 Å². The molecule has 2 N–H and O–H groups in total. The Kier molecular flexibility index (Phi) is 3.92. The van der Waals surface area contributed by atoms with Gasteiger partial charge in [0, 0.05) is 11.4 Å². The van der Waals surface area contributed by atoms with Gasteiger partial charge < -0.3 is 5.73 Å². The van der Waals surface area contributed by atoms with Crippen LogP contribution in [0.5, 0.6) is 0 Å². The summed E-state index contributed by atoms with van der Waals surface area (Å²) in [5.74, 6) is -0.147. The summed E-state index contributed by atoms with van der Waals surface area (Å²) in [6.45, 7) is 5.60. The van der Waals surface area contributed by atoms with Crippen LogP contribution in [0, 0.1) is 5.82 Å². The molecular weight excluding hydrogens is 213 g/mol. The lowest BCUT2D eigenvalue weighted by molar-refractivity contribution is 0.632. The highest BCUT2D eigenvalue weighted by Gasteiger charge is 2.08. The number of halogens is 2. The van der Waals surface area contributed by atoms with Crippen LogP contribution < -0.4 is 5.73 Å². The van der Waals surface area contributed by atoms with Crippen molar-refractivity contribution in [2.75, 3.05) is 11.6 Å². The lowest BCUT2D eigenvalue weighted by atomic mass is 10.0. The number of alkyl halides is 1. The van der Waals surface area contributed by atoms with Gasteiger partial charge in [0.2, 0.25) is 0 Å². The fraction of sp³-hybridized carbons (Fsp3) is 0.167. The summed E-state index contributed by atoms with van der Waals surface area (Å²) in [5.41, 5.74) is 8.03. The minimum atomic E-state index is -0.426. The highest BCUT2D eigenvalue weighted by molar-refractivity contribution is 6.23. The van der Waals surface area contributed by atoms with Crippen molar-refractivity contribution in [3.05, 3.63) is 47.8 Å². The van der Waals surface area contributed by atoms with Crippen molar-refractivity contribution in [3.8, 4) is 0 Å². The van der Waals surface area contributed by atoms with E-state index in [9.17, 15) is 4.39 Å². The van der Waals surface area contributed by atoms with Gasteiger partial charge in [0.25, 0.3) is 0 Å². The van der Waals surface area contributed by atoms with Crippen molar-refractivity contribution in [2.24, 2.45) is 0 Å². The molecule has 1 aromatic carbocycles. The van der Waals surface area contributed by atoms with Gasteiger partial charge in [0.1, 0.15) is 5.82 Å². The third kappa shape index (κ3) is 2.83. The second-order valence-corrected chi connectivity index (χ2v) is 3.62. The highest BCUT2D eigenvalue weighted by Crippen LogP contribution is 2.25. The molecule has 0 saturated carbocycles. The fourth-order valence-electron chi connectivity index (χ4n) is 1.30. The third-order valence-electron chi connectivity index (χ3n) is 1.96. The Morgan fingerprint density at radius 3 is 2.80 bits per heavy atom. The summed E-state index contributed by atoms with van der Waals surface area (Å²) < 4.78 is 13.2. The van der Waals surface area contributed by atoms with Gasteiger partial charge in [0.15, 0.2) is 0 Å². The summed E-state index contributed by atoms with van der Waals surface area (Å²) in [4.78, 5) is 0. The highest BCUT2D eigenvalue weighted by atomic mass is 35.5. The molecule has 0 unspecified atom stereocenters. The molecule has 0 spiro atoms. The predicted octanol–water partition coefficient (Wildman–Crippen LogP) is 3.61. The first kappa shape index (κ1) is 11.8. The second kappa shape index (κ2) is 4.99. The fourth-order valence-corrected chi connectivity index (χ4v) is 1.52. The molecule has 0 aliphatic rings. The van der Waals surface area contributed by atoms with Gasteiger partial charge in [-0.05, 0) is 18.6 Å². The van der Waals surface area contributed by atoms with E-state index in [-0.39, 0.29) is 11.6 Å². The Bertz CT molecular complexity index is 410. The number of para-hydroxylation sites is 1. The van der Waals surface area contributed by atoms with Crippen LogP contribution in [0.3, 0.4) is 0 Å². The van der Waals surface area contributed by atoms with Crippen LogP contribution in [0.1, 0.15) is 12.5 Å². The van der Waals surface area contributed by atoms with Gasteiger partial charge in [-0.15, -0.1) is 11.6 Å². The Hall–Kier alpha value is -1.28. The summed E-state index contributed by atoms with van der Waals surface area (Å²) >= 11 is 5.78. The molecule has 0 aliphatic carbocycles. The normalized spacial score (nSPS) is 11.5. The minimum absolute atomic E-state index is 0.130. The molecule has 0 aromatic heterocycles. The first-order valence-corrected chi connectivity index (χ1v) is 5.06. The van der Waals surface area contributed by atoms with Gasteiger partial charge in [-0.2, -0.15) is 0 Å². The van der Waals surface area contributed by atoms with E-state index in [4.69, 9.17) is 17.3 Å². The lowest BCUT2D eigenvalue weighted by Gasteiger charge is -2.08. The van der Waals surface area contributed by atoms with Gasteiger partial charge in [-0.3, -0.25) is 0 Å². The van der Waals surface area contributed by atoms with E-state index in [0.717, 1.165) is 11.1 Å². The number of benzene rings is 1. The molecule has 1 rings (SSSR count). The Morgan fingerprint density at radius 2 is 2.27 bits per heavy atom. The predicted molar refractivity (Wildman–Crippen MR) is 64.3 cm³/mol. The summed E-state index contributed by atoms with van der Waals surface area (Å²) in [5, 5.41) is 0. The maximum Gasteiger partial charge on any atom is 0.146 e. The number of hydrogen-bond acceptors (Lipinski definition) is 1. The van der Waals surface area contributed by atoms with Gasteiger partial charge in [-0.25, -0.2) is 4.39 Å². The van der Waals surface area contributed by atoms with Crippen molar-refractivity contribution in [1.82, 2.24) is 0 Å². The van der Waals surface area contributed by atoms with E-state index in [1.165, 1.54) is 6.07 Å². The van der Waals surface area contributed by atoms with Crippen molar-refractivity contribution in [2.45, 2.75) is 6.92 Å². The topological polar surface area (TPSA) is 26.0 Å². The summed E-state index contributed by atoms with van der Waals surface area (Å²) in [6, 6.07) is 4.68. The Morgan fingerprint density at radius 1 is 1.60 bits per heavy atom. The molecule has 80 valence electrons. The molecule has 1 nitrogen and oxygen atoms in total. The zero-order valence-corrected chi connectivity index (χ0v) is 9.31. The quantitative estimate of drug-likeness (QED) is 0.475. The van der Waals surface area contributed by atoms with Crippen LogP contribution in [-0.2, 0) is 0 Å². The van der Waals surface area contributed by atoms with Crippen LogP contribution in [0.4, 0.5) is 10.1 Å². The molecule has 15 heavy (non-hydrogen) atoms. The Balaban J connectivity index is 3.24. The minimum Gasteiger partial charge on any atom is -0.396 e. The molecule has 0 atom stereocenters.